The predicted octanol–water partition coefficient (Wildman–Crippen LogP) is 2.90. The van der Waals surface area contributed by atoms with Crippen LogP contribution in [0, 0.1) is 5.82 Å². The minimum Gasteiger partial charge on any atom is -0.294 e. The first kappa shape index (κ1) is 10.6. The zero-order chi connectivity index (χ0) is 10.4. The van der Waals surface area contributed by atoms with Crippen molar-refractivity contribution in [3.63, 3.8) is 0 Å². The van der Waals surface area contributed by atoms with Crippen LogP contribution in [0.2, 0.25) is 0 Å². The van der Waals surface area contributed by atoms with Crippen molar-refractivity contribution in [1.82, 2.24) is 0 Å². The third-order valence-corrected chi connectivity index (χ3v) is 1.86. The standard InChI is InChI=1S/C12H13FO/c1-2-3-7-11(14)9-10-6-4-5-8-12(10)13/h3-8H,2,9H2,1H3/b7-3+. The molecule has 0 heterocycles. The normalized spacial score (nSPS) is 10.7. The molecule has 1 aromatic carbocycles. The number of rotatable bonds is 4. The van der Waals surface area contributed by atoms with Crippen molar-refractivity contribution < 1.29 is 9.18 Å². The smallest absolute Gasteiger partial charge is 0.159 e. The fourth-order valence-electron chi connectivity index (χ4n) is 1.14. The highest BCUT2D eigenvalue weighted by atomic mass is 19.1. The number of halogens is 1. The summed E-state index contributed by atoms with van der Waals surface area (Å²) in [6, 6.07) is 6.35. The molecule has 0 saturated carbocycles. The van der Waals surface area contributed by atoms with Crippen LogP contribution < -0.4 is 0 Å². The van der Waals surface area contributed by atoms with Crippen LogP contribution in [0.3, 0.4) is 0 Å². The Morgan fingerprint density at radius 2 is 2.14 bits per heavy atom. The van der Waals surface area contributed by atoms with E-state index in [0.717, 1.165) is 6.42 Å². The minimum absolute atomic E-state index is 0.0584. The van der Waals surface area contributed by atoms with Gasteiger partial charge in [-0.05, 0) is 24.1 Å². The molecule has 0 bridgehead atoms. The molecule has 0 fully saturated rings. The van der Waals surface area contributed by atoms with Gasteiger partial charge in [-0.3, -0.25) is 4.79 Å². The molecule has 0 amide bonds. The van der Waals surface area contributed by atoms with Crippen LogP contribution in [0.4, 0.5) is 4.39 Å². The first-order chi connectivity index (χ1) is 6.74. The summed E-state index contributed by atoms with van der Waals surface area (Å²) in [5.74, 6) is -0.373. The third kappa shape index (κ3) is 3.13. The van der Waals surface area contributed by atoms with Crippen molar-refractivity contribution in [1.29, 1.82) is 0 Å². The Labute approximate surface area is 83.3 Å². The number of ketones is 1. The molecule has 14 heavy (non-hydrogen) atoms. The van der Waals surface area contributed by atoms with E-state index in [2.05, 4.69) is 0 Å². The van der Waals surface area contributed by atoms with Crippen molar-refractivity contribution >= 4 is 5.78 Å². The lowest BCUT2D eigenvalue weighted by Gasteiger charge is -1.98. The van der Waals surface area contributed by atoms with Crippen LogP contribution in [0.15, 0.2) is 36.4 Å². The molecule has 2 heteroatoms. The van der Waals surface area contributed by atoms with Gasteiger partial charge in [-0.25, -0.2) is 4.39 Å². The summed E-state index contributed by atoms with van der Waals surface area (Å²) in [7, 11) is 0. The van der Waals surface area contributed by atoms with Gasteiger partial charge in [-0.1, -0.05) is 31.2 Å². The second-order valence-electron chi connectivity index (χ2n) is 3.05. The molecule has 1 rings (SSSR count). The van der Waals surface area contributed by atoms with Crippen molar-refractivity contribution in [2.24, 2.45) is 0 Å². The Bertz CT molecular complexity index is 342. The molecule has 0 aliphatic rings. The fourth-order valence-corrected chi connectivity index (χ4v) is 1.14. The van der Waals surface area contributed by atoms with E-state index in [1.54, 1.807) is 24.3 Å². The van der Waals surface area contributed by atoms with E-state index >= 15 is 0 Å². The highest BCUT2D eigenvalue weighted by Crippen LogP contribution is 2.07. The first-order valence-corrected chi connectivity index (χ1v) is 4.66. The average molecular weight is 192 g/mol. The van der Waals surface area contributed by atoms with Crippen LogP contribution in [-0.4, -0.2) is 5.78 Å². The van der Waals surface area contributed by atoms with Gasteiger partial charge < -0.3 is 0 Å². The zero-order valence-electron chi connectivity index (χ0n) is 8.16. The average Bonchev–Trinajstić information content (AvgIpc) is 2.18. The summed E-state index contributed by atoms with van der Waals surface area (Å²) in [6.07, 6.45) is 4.25. The Morgan fingerprint density at radius 3 is 2.79 bits per heavy atom. The predicted molar refractivity (Wildman–Crippen MR) is 54.5 cm³/mol. The maximum Gasteiger partial charge on any atom is 0.159 e. The van der Waals surface area contributed by atoms with Gasteiger partial charge in [-0.2, -0.15) is 0 Å². The first-order valence-electron chi connectivity index (χ1n) is 4.66. The molecule has 0 aliphatic carbocycles. The maximum absolute atomic E-state index is 13.1. The van der Waals surface area contributed by atoms with Gasteiger partial charge in [0, 0.05) is 6.42 Å². The van der Waals surface area contributed by atoms with Gasteiger partial charge in [0.2, 0.25) is 0 Å². The monoisotopic (exact) mass is 192 g/mol. The number of carbonyl (C=O) groups excluding carboxylic acids is 1. The Kier molecular flexibility index (Phi) is 4.05. The Hall–Kier alpha value is -1.44. The lowest BCUT2D eigenvalue weighted by Crippen LogP contribution is -2.00. The highest BCUT2D eigenvalue weighted by Gasteiger charge is 2.03. The third-order valence-electron chi connectivity index (χ3n) is 1.86. The van der Waals surface area contributed by atoms with Gasteiger partial charge in [0.05, 0.1) is 0 Å². The summed E-state index contributed by atoms with van der Waals surface area (Å²) in [5, 5.41) is 0. The van der Waals surface area contributed by atoms with Crippen LogP contribution in [0.1, 0.15) is 18.9 Å². The molecule has 0 N–H and O–H groups in total. The molecule has 0 unspecified atom stereocenters. The summed E-state index contributed by atoms with van der Waals surface area (Å²) < 4.78 is 13.1. The topological polar surface area (TPSA) is 17.1 Å². The summed E-state index contributed by atoms with van der Waals surface area (Å²) in [4.78, 5) is 11.3. The summed E-state index contributed by atoms with van der Waals surface area (Å²) >= 11 is 0. The number of hydrogen-bond acceptors (Lipinski definition) is 1. The van der Waals surface area contributed by atoms with E-state index in [9.17, 15) is 9.18 Å². The molecule has 0 atom stereocenters. The van der Waals surface area contributed by atoms with Gasteiger partial charge in [-0.15, -0.1) is 0 Å². The maximum atomic E-state index is 13.1. The van der Waals surface area contributed by atoms with Gasteiger partial charge in [0.25, 0.3) is 0 Å². The second-order valence-corrected chi connectivity index (χ2v) is 3.05. The minimum atomic E-state index is -0.314. The quantitative estimate of drug-likeness (QED) is 0.670. The largest absolute Gasteiger partial charge is 0.294 e. The molecule has 0 aliphatic heterocycles. The van der Waals surface area contributed by atoms with E-state index in [1.165, 1.54) is 12.1 Å². The molecule has 74 valence electrons. The summed E-state index contributed by atoms with van der Waals surface area (Å²) in [6.45, 7) is 1.95. The number of benzene rings is 1. The van der Waals surface area contributed by atoms with E-state index in [1.807, 2.05) is 6.92 Å². The molecule has 0 radical (unpaired) electrons. The number of hydrogen-bond donors (Lipinski definition) is 0. The van der Waals surface area contributed by atoms with Crippen LogP contribution in [0.25, 0.3) is 0 Å². The SMILES string of the molecule is CC/C=C/C(=O)Cc1ccccc1F. The molecule has 0 aromatic heterocycles. The van der Waals surface area contributed by atoms with Crippen molar-refractivity contribution in [2.75, 3.05) is 0 Å². The zero-order valence-corrected chi connectivity index (χ0v) is 8.16. The van der Waals surface area contributed by atoms with Crippen molar-refractivity contribution in [3.8, 4) is 0 Å². The lowest BCUT2D eigenvalue weighted by molar-refractivity contribution is -0.114. The Balaban J connectivity index is 2.65. The lowest BCUT2D eigenvalue weighted by atomic mass is 10.1. The van der Waals surface area contributed by atoms with Gasteiger partial charge in [0.1, 0.15) is 5.82 Å². The van der Waals surface area contributed by atoms with Gasteiger partial charge >= 0.3 is 0 Å². The molecular formula is C12H13FO. The molecular weight excluding hydrogens is 179 g/mol. The molecule has 0 saturated heterocycles. The van der Waals surface area contributed by atoms with Crippen LogP contribution >= 0.6 is 0 Å². The summed E-state index contributed by atoms with van der Waals surface area (Å²) in [5.41, 5.74) is 0.457. The van der Waals surface area contributed by atoms with Crippen molar-refractivity contribution in [3.05, 3.63) is 47.8 Å². The Morgan fingerprint density at radius 1 is 1.43 bits per heavy atom. The van der Waals surface area contributed by atoms with E-state index in [-0.39, 0.29) is 18.0 Å². The molecule has 0 spiro atoms. The number of carbonyl (C=O) groups is 1. The van der Waals surface area contributed by atoms with E-state index in [4.69, 9.17) is 0 Å². The van der Waals surface area contributed by atoms with E-state index in [0.29, 0.717) is 5.56 Å². The molecule has 1 aromatic rings. The van der Waals surface area contributed by atoms with Crippen LogP contribution in [-0.2, 0) is 11.2 Å². The van der Waals surface area contributed by atoms with Crippen molar-refractivity contribution in [2.45, 2.75) is 19.8 Å². The molecule has 1 nitrogen and oxygen atoms in total. The second kappa shape index (κ2) is 5.32. The number of allylic oxidation sites excluding steroid dienone is 2. The van der Waals surface area contributed by atoms with Gasteiger partial charge in [0.15, 0.2) is 5.78 Å². The fraction of sp³-hybridized carbons (Fsp3) is 0.250. The van der Waals surface area contributed by atoms with Crippen LogP contribution in [0.5, 0.6) is 0 Å². The van der Waals surface area contributed by atoms with E-state index < -0.39 is 0 Å². The highest BCUT2D eigenvalue weighted by molar-refractivity contribution is 5.91.